The van der Waals surface area contributed by atoms with Crippen molar-refractivity contribution in [3.05, 3.63) is 53.1 Å². The molecular weight excluding hydrogens is 256 g/mol. The summed E-state index contributed by atoms with van der Waals surface area (Å²) in [5, 5.41) is 9.40. The van der Waals surface area contributed by atoms with Gasteiger partial charge in [-0.05, 0) is 30.3 Å². The van der Waals surface area contributed by atoms with Crippen LogP contribution in [-0.2, 0) is 6.61 Å². The van der Waals surface area contributed by atoms with Crippen LogP contribution in [0.2, 0.25) is 5.02 Å². The Morgan fingerprint density at radius 2 is 2.00 bits per heavy atom. The lowest BCUT2D eigenvalue weighted by molar-refractivity contribution is 0.0690. The molecule has 2 rings (SSSR count). The van der Waals surface area contributed by atoms with Crippen molar-refractivity contribution in [3.8, 4) is 5.75 Å². The zero-order valence-corrected chi connectivity index (χ0v) is 9.96. The number of hydrogen-bond donors (Lipinski definition) is 1. The number of ether oxygens (including phenoxy) is 1. The lowest BCUT2D eigenvalue weighted by Gasteiger charge is -2.05. The van der Waals surface area contributed by atoms with Crippen molar-refractivity contribution in [3.63, 3.8) is 0 Å². The van der Waals surface area contributed by atoms with Crippen LogP contribution in [0.4, 0.5) is 0 Å². The van der Waals surface area contributed by atoms with E-state index in [0.29, 0.717) is 16.5 Å². The summed E-state index contributed by atoms with van der Waals surface area (Å²) in [5.41, 5.74) is 0.442. The minimum absolute atomic E-state index is 0.0558. The zero-order valence-electron chi connectivity index (χ0n) is 9.21. The van der Waals surface area contributed by atoms with E-state index in [9.17, 15) is 4.79 Å². The first-order valence-corrected chi connectivity index (χ1v) is 5.45. The first-order chi connectivity index (χ1) is 8.65. The Labute approximate surface area is 108 Å². The fraction of sp³-hybridized carbons (Fsp3) is 0.0833. The van der Waals surface area contributed by atoms with Gasteiger partial charge in [-0.2, -0.15) is 0 Å². The summed E-state index contributed by atoms with van der Waals surface area (Å²) in [6.45, 7) is 0.171. The number of aromatic carboxylic acids is 1. The van der Waals surface area contributed by atoms with Crippen LogP contribution in [-0.4, -0.2) is 21.0 Å². The van der Waals surface area contributed by atoms with E-state index in [4.69, 9.17) is 21.4 Å². The van der Waals surface area contributed by atoms with Gasteiger partial charge in [0.1, 0.15) is 18.7 Å². The molecule has 0 spiro atoms. The molecule has 0 aliphatic heterocycles. The Bertz CT molecular complexity index is 558. The molecule has 0 radical (unpaired) electrons. The van der Waals surface area contributed by atoms with Crippen LogP contribution in [0.1, 0.15) is 16.2 Å². The molecular formula is C12H9ClN2O3. The highest BCUT2D eigenvalue weighted by Gasteiger charge is 2.06. The maximum atomic E-state index is 10.7. The van der Waals surface area contributed by atoms with Gasteiger partial charge in [0, 0.05) is 5.02 Å². The lowest BCUT2D eigenvalue weighted by Crippen LogP contribution is -2.05. The van der Waals surface area contributed by atoms with E-state index in [1.165, 1.54) is 12.4 Å². The van der Waals surface area contributed by atoms with Crippen molar-refractivity contribution in [2.45, 2.75) is 6.61 Å². The van der Waals surface area contributed by atoms with Crippen molar-refractivity contribution in [1.29, 1.82) is 0 Å². The molecule has 2 aromatic rings. The minimum atomic E-state index is -1.09. The molecule has 18 heavy (non-hydrogen) atoms. The molecule has 0 unspecified atom stereocenters. The fourth-order valence-corrected chi connectivity index (χ4v) is 1.41. The largest absolute Gasteiger partial charge is 0.487 e. The second-order valence-corrected chi connectivity index (χ2v) is 3.88. The van der Waals surface area contributed by atoms with Gasteiger partial charge in [-0.25, -0.2) is 14.8 Å². The predicted molar refractivity (Wildman–Crippen MR) is 64.8 cm³/mol. The molecule has 0 saturated carbocycles. The van der Waals surface area contributed by atoms with E-state index in [1.807, 2.05) is 0 Å². The van der Waals surface area contributed by atoms with E-state index in [1.54, 1.807) is 24.3 Å². The van der Waals surface area contributed by atoms with Crippen molar-refractivity contribution < 1.29 is 14.6 Å². The van der Waals surface area contributed by atoms with Gasteiger partial charge in [-0.3, -0.25) is 0 Å². The van der Waals surface area contributed by atoms with Gasteiger partial charge < -0.3 is 9.84 Å². The summed E-state index contributed by atoms with van der Waals surface area (Å²) in [4.78, 5) is 18.3. The van der Waals surface area contributed by atoms with Crippen LogP contribution in [0.25, 0.3) is 0 Å². The van der Waals surface area contributed by atoms with Crippen molar-refractivity contribution >= 4 is 17.6 Å². The molecule has 1 aromatic carbocycles. The summed E-state index contributed by atoms with van der Waals surface area (Å²) >= 11 is 5.74. The third-order valence-electron chi connectivity index (χ3n) is 2.14. The van der Waals surface area contributed by atoms with Crippen molar-refractivity contribution in [2.75, 3.05) is 0 Å². The van der Waals surface area contributed by atoms with E-state index in [0.717, 1.165) is 0 Å². The summed E-state index contributed by atoms with van der Waals surface area (Å²) in [5.74, 6) is -0.458. The predicted octanol–water partition coefficient (Wildman–Crippen LogP) is 2.41. The Morgan fingerprint density at radius 1 is 1.28 bits per heavy atom. The van der Waals surface area contributed by atoms with Crippen LogP contribution in [0.5, 0.6) is 5.75 Å². The molecule has 0 aliphatic rings. The zero-order chi connectivity index (χ0) is 13.0. The van der Waals surface area contributed by atoms with E-state index < -0.39 is 5.97 Å². The minimum Gasteiger partial charge on any atom is -0.487 e. The standard InChI is InChI=1S/C12H9ClN2O3/c13-8-1-3-10(4-2-8)18-6-9-5-11(12(16)17)15-7-14-9/h1-5,7H,6H2,(H,16,17). The van der Waals surface area contributed by atoms with E-state index in [-0.39, 0.29) is 12.3 Å². The summed E-state index contributed by atoms with van der Waals surface area (Å²) in [7, 11) is 0. The maximum Gasteiger partial charge on any atom is 0.354 e. The second kappa shape index (κ2) is 5.46. The number of hydrogen-bond acceptors (Lipinski definition) is 4. The molecule has 5 nitrogen and oxygen atoms in total. The fourth-order valence-electron chi connectivity index (χ4n) is 1.28. The molecule has 0 amide bonds. The van der Waals surface area contributed by atoms with Gasteiger partial charge in [0.2, 0.25) is 0 Å². The number of carbonyl (C=O) groups is 1. The topological polar surface area (TPSA) is 72.3 Å². The van der Waals surface area contributed by atoms with Crippen molar-refractivity contribution in [2.24, 2.45) is 0 Å². The normalized spacial score (nSPS) is 10.1. The summed E-state index contributed by atoms with van der Waals surface area (Å²) in [6.07, 6.45) is 1.20. The average molecular weight is 265 g/mol. The average Bonchev–Trinajstić information content (AvgIpc) is 2.38. The van der Waals surface area contributed by atoms with Crippen LogP contribution in [0.15, 0.2) is 36.7 Å². The number of aromatic nitrogens is 2. The highest BCUT2D eigenvalue weighted by atomic mass is 35.5. The molecule has 0 bridgehead atoms. The van der Waals surface area contributed by atoms with Crippen LogP contribution >= 0.6 is 11.6 Å². The van der Waals surface area contributed by atoms with Gasteiger partial charge in [0.15, 0.2) is 5.69 Å². The third kappa shape index (κ3) is 3.18. The number of carboxylic acid groups (broad SMARTS) is 1. The van der Waals surface area contributed by atoms with Gasteiger partial charge >= 0.3 is 5.97 Å². The number of nitrogens with zero attached hydrogens (tertiary/aromatic N) is 2. The number of rotatable bonds is 4. The molecule has 1 aromatic heterocycles. The van der Waals surface area contributed by atoms with Gasteiger partial charge in [0.05, 0.1) is 5.69 Å². The molecule has 6 heteroatoms. The lowest BCUT2D eigenvalue weighted by atomic mass is 10.3. The molecule has 1 N–H and O–H groups in total. The van der Waals surface area contributed by atoms with Crippen LogP contribution in [0.3, 0.4) is 0 Å². The number of carboxylic acids is 1. The van der Waals surface area contributed by atoms with Crippen LogP contribution < -0.4 is 4.74 Å². The van der Waals surface area contributed by atoms with Crippen molar-refractivity contribution in [1.82, 2.24) is 9.97 Å². The molecule has 0 saturated heterocycles. The quantitative estimate of drug-likeness (QED) is 0.918. The molecule has 92 valence electrons. The Hall–Kier alpha value is -2.14. The first kappa shape index (κ1) is 12.3. The molecule has 0 aliphatic carbocycles. The molecule has 0 fully saturated rings. The van der Waals surface area contributed by atoms with Gasteiger partial charge in [-0.1, -0.05) is 11.6 Å². The number of benzene rings is 1. The maximum absolute atomic E-state index is 10.7. The third-order valence-corrected chi connectivity index (χ3v) is 2.40. The Balaban J connectivity index is 2.04. The summed E-state index contributed by atoms with van der Waals surface area (Å²) in [6, 6.07) is 8.24. The van der Waals surface area contributed by atoms with E-state index >= 15 is 0 Å². The SMILES string of the molecule is O=C(O)c1cc(COc2ccc(Cl)cc2)ncn1. The smallest absolute Gasteiger partial charge is 0.354 e. The Kier molecular flexibility index (Phi) is 3.74. The van der Waals surface area contributed by atoms with Gasteiger partial charge in [0.25, 0.3) is 0 Å². The molecule has 0 atom stereocenters. The monoisotopic (exact) mass is 264 g/mol. The summed E-state index contributed by atoms with van der Waals surface area (Å²) < 4.78 is 5.44. The highest BCUT2D eigenvalue weighted by molar-refractivity contribution is 6.30. The first-order valence-electron chi connectivity index (χ1n) is 5.08. The van der Waals surface area contributed by atoms with Crippen LogP contribution in [0, 0.1) is 0 Å². The number of halogens is 1. The highest BCUT2D eigenvalue weighted by Crippen LogP contribution is 2.16. The second-order valence-electron chi connectivity index (χ2n) is 3.44. The Morgan fingerprint density at radius 3 is 2.67 bits per heavy atom. The van der Waals surface area contributed by atoms with Gasteiger partial charge in [-0.15, -0.1) is 0 Å². The molecule has 1 heterocycles. The van der Waals surface area contributed by atoms with E-state index in [2.05, 4.69) is 9.97 Å².